The molecule has 0 N–H and O–H groups in total. The van der Waals surface area contributed by atoms with Crippen LogP contribution in [0.3, 0.4) is 0 Å². The van der Waals surface area contributed by atoms with Crippen molar-refractivity contribution in [1.29, 1.82) is 0 Å². The van der Waals surface area contributed by atoms with Crippen LogP contribution in [0, 0.1) is 0 Å². The first-order valence-electron chi connectivity index (χ1n) is 7.31. The topological polar surface area (TPSA) is 27.7 Å². The van der Waals surface area contributed by atoms with Crippen LogP contribution >= 0.6 is 0 Å². The molecule has 3 heteroatoms. The molecule has 0 fully saturated rings. The highest BCUT2D eigenvalue weighted by atomic mass is 16.5. The van der Waals surface area contributed by atoms with E-state index in [0.717, 1.165) is 28.4 Å². The van der Waals surface area contributed by atoms with Crippen molar-refractivity contribution in [2.24, 2.45) is 0 Å². The molecule has 0 aliphatic carbocycles. The van der Waals surface area contributed by atoms with Crippen molar-refractivity contribution in [3.05, 3.63) is 42.0 Å². The monoisotopic (exact) mass is 300 g/mol. The van der Waals surface area contributed by atoms with Gasteiger partial charge in [0.1, 0.15) is 5.75 Å². The van der Waals surface area contributed by atoms with Gasteiger partial charge in [-0.25, -0.2) is 0 Å². The molecule has 0 bridgehead atoms. The van der Waals surface area contributed by atoms with Crippen LogP contribution in [0.15, 0.2) is 36.4 Å². The minimum atomic E-state index is 0.0365. The average Bonchev–Trinajstić information content (AvgIpc) is 2.52. The zero-order valence-electron chi connectivity index (χ0n) is 14.2. The van der Waals surface area contributed by atoms with Gasteiger partial charge in [0.15, 0.2) is 11.5 Å². The van der Waals surface area contributed by atoms with E-state index in [1.54, 1.807) is 21.3 Å². The molecule has 0 aromatic heterocycles. The molecular weight excluding hydrogens is 276 g/mol. The summed E-state index contributed by atoms with van der Waals surface area (Å²) in [5.74, 6) is 2.30. The van der Waals surface area contributed by atoms with Gasteiger partial charge in [-0.2, -0.15) is 0 Å². The lowest BCUT2D eigenvalue weighted by Crippen LogP contribution is -2.12. The van der Waals surface area contributed by atoms with Gasteiger partial charge >= 0.3 is 0 Å². The van der Waals surface area contributed by atoms with E-state index in [1.807, 2.05) is 24.3 Å². The maximum absolute atomic E-state index is 5.42. The Kier molecular flexibility index (Phi) is 4.65. The predicted molar refractivity (Wildman–Crippen MR) is 90.2 cm³/mol. The van der Waals surface area contributed by atoms with Gasteiger partial charge in [-0.15, -0.1) is 0 Å². The number of hydrogen-bond acceptors (Lipinski definition) is 3. The SMILES string of the molecule is COc1ccc(C(C)(C)C)c(-c2ccc(OC)c(OC)c2)c1. The number of rotatable bonds is 4. The Morgan fingerprint density at radius 3 is 1.95 bits per heavy atom. The number of hydrogen-bond donors (Lipinski definition) is 0. The summed E-state index contributed by atoms with van der Waals surface area (Å²) in [4.78, 5) is 0. The number of ether oxygens (including phenoxy) is 3. The minimum Gasteiger partial charge on any atom is -0.497 e. The van der Waals surface area contributed by atoms with Crippen molar-refractivity contribution < 1.29 is 14.2 Å². The highest BCUT2D eigenvalue weighted by molar-refractivity contribution is 5.73. The molecule has 3 nitrogen and oxygen atoms in total. The maximum atomic E-state index is 5.42. The van der Waals surface area contributed by atoms with E-state index in [4.69, 9.17) is 14.2 Å². The van der Waals surface area contributed by atoms with Crippen LogP contribution in [0.1, 0.15) is 26.3 Å². The molecule has 0 atom stereocenters. The molecule has 0 saturated carbocycles. The Labute approximate surface area is 132 Å². The first-order chi connectivity index (χ1) is 10.4. The third kappa shape index (κ3) is 3.19. The average molecular weight is 300 g/mol. The van der Waals surface area contributed by atoms with Crippen LogP contribution in [-0.4, -0.2) is 21.3 Å². The lowest BCUT2D eigenvalue weighted by atomic mass is 9.81. The van der Waals surface area contributed by atoms with E-state index < -0.39 is 0 Å². The summed E-state index contributed by atoms with van der Waals surface area (Å²) in [5, 5.41) is 0. The zero-order chi connectivity index (χ0) is 16.3. The van der Waals surface area contributed by atoms with Gasteiger partial charge in [0.05, 0.1) is 21.3 Å². The number of methoxy groups -OCH3 is 3. The standard InChI is InChI=1S/C19H24O3/c1-19(2,3)16-9-8-14(20-4)12-15(16)13-7-10-17(21-5)18(11-13)22-6/h7-12H,1-6H3. The second-order valence-electron chi connectivity index (χ2n) is 6.23. The van der Waals surface area contributed by atoms with Crippen molar-refractivity contribution in [2.75, 3.05) is 21.3 Å². The molecule has 0 radical (unpaired) electrons. The first kappa shape index (κ1) is 16.2. The molecular formula is C19H24O3. The Morgan fingerprint density at radius 2 is 1.41 bits per heavy atom. The molecule has 0 saturated heterocycles. The van der Waals surface area contributed by atoms with E-state index in [2.05, 4.69) is 32.9 Å². The van der Waals surface area contributed by atoms with Gasteiger partial charge in [0, 0.05) is 0 Å². The normalized spacial score (nSPS) is 11.2. The van der Waals surface area contributed by atoms with E-state index >= 15 is 0 Å². The predicted octanol–water partition coefficient (Wildman–Crippen LogP) is 4.68. The Bertz CT molecular complexity index is 654. The molecule has 2 aromatic rings. The first-order valence-corrected chi connectivity index (χ1v) is 7.31. The largest absolute Gasteiger partial charge is 0.497 e. The van der Waals surface area contributed by atoms with E-state index in [9.17, 15) is 0 Å². The summed E-state index contributed by atoms with van der Waals surface area (Å²) in [6.45, 7) is 6.62. The second kappa shape index (κ2) is 6.30. The van der Waals surface area contributed by atoms with Crippen LogP contribution in [0.2, 0.25) is 0 Å². The molecule has 0 spiro atoms. The summed E-state index contributed by atoms with van der Waals surface area (Å²) >= 11 is 0. The molecule has 0 amide bonds. The van der Waals surface area contributed by atoms with Gasteiger partial charge in [-0.1, -0.05) is 32.9 Å². The molecule has 118 valence electrons. The summed E-state index contributed by atoms with van der Waals surface area (Å²) in [6.07, 6.45) is 0. The molecule has 0 aliphatic heterocycles. The Morgan fingerprint density at radius 1 is 0.727 bits per heavy atom. The fourth-order valence-electron chi connectivity index (χ4n) is 2.55. The van der Waals surface area contributed by atoms with Crippen LogP contribution in [0.5, 0.6) is 17.2 Å². The van der Waals surface area contributed by atoms with Crippen LogP contribution in [-0.2, 0) is 5.41 Å². The number of benzene rings is 2. The third-order valence-corrected chi connectivity index (χ3v) is 3.73. The zero-order valence-corrected chi connectivity index (χ0v) is 14.2. The Hall–Kier alpha value is -2.16. The third-order valence-electron chi connectivity index (χ3n) is 3.73. The van der Waals surface area contributed by atoms with Gasteiger partial charge in [0.25, 0.3) is 0 Å². The lowest BCUT2D eigenvalue weighted by molar-refractivity contribution is 0.355. The van der Waals surface area contributed by atoms with Crippen molar-refractivity contribution in [2.45, 2.75) is 26.2 Å². The summed E-state index contributed by atoms with van der Waals surface area (Å²) in [7, 11) is 4.98. The van der Waals surface area contributed by atoms with Gasteiger partial charge in [-0.05, 0) is 46.4 Å². The molecule has 22 heavy (non-hydrogen) atoms. The summed E-state index contributed by atoms with van der Waals surface area (Å²) in [5.41, 5.74) is 3.53. The summed E-state index contributed by atoms with van der Waals surface area (Å²) < 4.78 is 16.1. The highest BCUT2D eigenvalue weighted by Gasteiger charge is 2.20. The van der Waals surface area contributed by atoms with E-state index in [0.29, 0.717) is 0 Å². The quantitative estimate of drug-likeness (QED) is 0.820. The van der Waals surface area contributed by atoms with Crippen molar-refractivity contribution in [1.82, 2.24) is 0 Å². The summed E-state index contributed by atoms with van der Waals surface area (Å²) in [6, 6.07) is 12.2. The maximum Gasteiger partial charge on any atom is 0.161 e. The van der Waals surface area contributed by atoms with Crippen molar-refractivity contribution in [3.8, 4) is 28.4 Å². The molecule has 0 unspecified atom stereocenters. The highest BCUT2D eigenvalue weighted by Crippen LogP contribution is 2.39. The van der Waals surface area contributed by atoms with Gasteiger partial charge in [-0.3, -0.25) is 0 Å². The second-order valence-corrected chi connectivity index (χ2v) is 6.23. The van der Waals surface area contributed by atoms with Crippen molar-refractivity contribution >= 4 is 0 Å². The molecule has 2 rings (SSSR count). The van der Waals surface area contributed by atoms with Crippen molar-refractivity contribution in [3.63, 3.8) is 0 Å². The van der Waals surface area contributed by atoms with Gasteiger partial charge < -0.3 is 14.2 Å². The van der Waals surface area contributed by atoms with E-state index in [-0.39, 0.29) is 5.41 Å². The van der Waals surface area contributed by atoms with E-state index in [1.165, 1.54) is 5.56 Å². The fourth-order valence-corrected chi connectivity index (χ4v) is 2.55. The Balaban J connectivity index is 2.64. The molecule has 0 aliphatic rings. The lowest BCUT2D eigenvalue weighted by Gasteiger charge is -2.24. The van der Waals surface area contributed by atoms with Gasteiger partial charge in [0.2, 0.25) is 0 Å². The minimum absolute atomic E-state index is 0.0365. The molecule has 2 aromatic carbocycles. The van der Waals surface area contributed by atoms with Crippen LogP contribution in [0.4, 0.5) is 0 Å². The smallest absolute Gasteiger partial charge is 0.161 e. The fraction of sp³-hybridized carbons (Fsp3) is 0.368. The van der Waals surface area contributed by atoms with Crippen LogP contribution < -0.4 is 14.2 Å². The molecule has 0 heterocycles. The van der Waals surface area contributed by atoms with Crippen LogP contribution in [0.25, 0.3) is 11.1 Å².